The standard InChI is InChI=1S/C22H15Cl2N3O2/c23-18-7-8-19(20(24)12-18)21(13-27-10-9-25-14-27)26-29-22(28)17-6-5-15-3-1-2-4-16(15)11-17/h1-12,14H,13H2/b26-21+. The molecule has 1 aromatic heterocycles. The molecule has 0 saturated heterocycles. The maximum Gasteiger partial charge on any atom is 0.365 e. The van der Waals surface area contributed by atoms with Gasteiger partial charge in [0.2, 0.25) is 0 Å². The van der Waals surface area contributed by atoms with E-state index < -0.39 is 5.97 Å². The van der Waals surface area contributed by atoms with Gasteiger partial charge in [0.25, 0.3) is 0 Å². The second kappa shape index (κ2) is 8.47. The number of fused-ring (bicyclic) bond motifs is 1. The minimum atomic E-state index is -0.552. The Kier molecular flexibility index (Phi) is 5.60. The van der Waals surface area contributed by atoms with Gasteiger partial charge in [0.15, 0.2) is 0 Å². The van der Waals surface area contributed by atoms with Crippen LogP contribution in [0.3, 0.4) is 0 Å². The summed E-state index contributed by atoms with van der Waals surface area (Å²) in [5.74, 6) is -0.552. The lowest BCUT2D eigenvalue weighted by molar-refractivity contribution is 0.0515. The van der Waals surface area contributed by atoms with Gasteiger partial charge in [-0.05, 0) is 41.1 Å². The minimum absolute atomic E-state index is 0.326. The van der Waals surface area contributed by atoms with Crippen LogP contribution >= 0.6 is 23.2 Å². The first-order valence-electron chi connectivity index (χ1n) is 8.78. The number of benzene rings is 3. The van der Waals surface area contributed by atoms with Crippen molar-refractivity contribution in [1.82, 2.24) is 9.55 Å². The first-order valence-corrected chi connectivity index (χ1v) is 9.54. The summed E-state index contributed by atoms with van der Waals surface area (Å²) in [5.41, 5.74) is 1.51. The highest BCUT2D eigenvalue weighted by molar-refractivity contribution is 6.37. The van der Waals surface area contributed by atoms with Crippen molar-refractivity contribution in [2.75, 3.05) is 0 Å². The van der Waals surface area contributed by atoms with Gasteiger partial charge in [0.1, 0.15) is 5.71 Å². The SMILES string of the molecule is O=C(O/N=C(\Cn1ccnc1)c1ccc(Cl)cc1Cl)c1ccc2ccccc2c1. The average Bonchev–Trinajstić information content (AvgIpc) is 3.24. The number of carbonyl (C=O) groups excluding carboxylic acids is 1. The van der Waals surface area contributed by atoms with Crippen molar-refractivity contribution in [1.29, 1.82) is 0 Å². The van der Waals surface area contributed by atoms with E-state index >= 15 is 0 Å². The number of carbonyl (C=O) groups is 1. The highest BCUT2D eigenvalue weighted by Crippen LogP contribution is 2.23. The van der Waals surface area contributed by atoms with Crippen LogP contribution in [0.1, 0.15) is 15.9 Å². The van der Waals surface area contributed by atoms with Crippen LogP contribution in [0.15, 0.2) is 84.5 Å². The van der Waals surface area contributed by atoms with Crippen molar-refractivity contribution < 1.29 is 9.63 Å². The van der Waals surface area contributed by atoms with Gasteiger partial charge >= 0.3 is 5.97 Å². The Morgan fingerprint density at radius 1 is 1.03 bits per heavy atom. The molecule has 0 aliphatic heterocycles. The maximum absolute atomic E-state index is 12.6. The molecule has 4 aromatic rings. The zero-order chi connectivity index (χ0) is 20.2. The third-order valence-electron chi connectivity index (χ3n) is 4.36. The number of aromatic nitrogens is 2. The van der Waals surface area contributed by atoms with Gasteiger partial charge in [0, 0.05) is 23.0 Å². The Labute approximate surface area is 177 Å². The molecule has 5 nitrogen and oxygen atoms in total. The molecular formula is C22H15Cl2N3O2. The molecular weight excluding hydrogens is 409 g/mol. The summed E-state index contributed by atoms with van der Waals surface area (Å²) >= 11 is 12.3. The molecule has 0 spiro atoms. The zero-order valence-electron chi connectivity index (χ0n) is 15.1. The van der Waals surface area contributed by atoms with E-state index in [9.17, 15) is 4.79 Å². The van der Waals surface area contributed by atoms with Crippen LogP contribution in [-0.2, 0) is 11.4 Å². The second-order valence-electron chi connectivity index (χ2n) is 6.34. The summed E-state index contributed by atoms with van der Waals surface area (Å²) < 4.78 is 1.80. The Balaban J connectivity index is 1.63. The van der Waals surface area contributed by atoms with E-state index in [-0.39, 0.29) is 0 Å². The number of oxime groups is 1. The van der Waals surface area contributed by atoms with E-state index in [4.69, 9.17) is 28.0 Å². The van der Waals surface area contributed by atoms with Crippen LogP contribution in [0.25, 0.3) is 10.8 Å². The number of rotatable bonds is 5. The molecule has 4 rings (SSSR count). The van der Waals surface area contributed by atoms with E-state index in [1.54, 1.807) is 53.6 Å². The number of halogens is 2. The highest BCUT2D eigenvalue weighted by atomic mass is 35.5. The summed E-state index contributed by atoms with van der Waals surface area (Å²) in [5, 5.41) is 7.02. The van der Waals surface area contributed by atoms with Crippen molar-refractivity contribution in [2.24, 2.45) is 5.16 Å². The van der Waals surface area contributed by atoms with Gasteiger partial charge in [0.05, 0.1) is 23.5 Å². The molecule has 29 heavy (non-hydrogen) atoms. The Morgan fingerprint density at radius 2 is 1.86 bits per heavy atom. The molecule has 3 aromatic carbocycles. The quantitative estimate of drug-likeness (QED) is 0.238. The molecule has 0 atom stereocenters. The lowest BCUT2D eigenvalue weighted by Crippen LogP contribution is -2.13. The van der Waals surface area contributed by atoms with Crippen molar-refractivity contribution in [2.45, 2.75) is 6.54 Å². The fourth-order valence-corrected chi connectivity index (χ4v) is 3.42. The van der Waals surface area contributed by atoms with Gasteiger partial charge in [-0.15, -0.1) is 0 Å². The largest absolute Gasteiger partial charge is 0.365 e. The van der Waals surface area contributed by atoms with Crippen LogP contribution < -0.4 is 0 Å². The van der Waals surface area contributed by atoms with Gasteiger partial charge in [-0.25, -0.2) is 9.78 Å². The zero-order valence-corrected chi connectivity index (χ0v) is 16.6. The molecule has 0 aliphatic carbocycles. The molecule has 7 heteroatoms. The number of nitrogens with zero attached hydrogens (tertiary/aromatic N) is 3. The van der Waals surface area contributed by atoms with E-state index in [0.717, 1.165) is 10.8 Å². The third-order valence-corrected chi connectivity index (χ3v) is 4.91. The van der Waals surface area contributed by atoms with Gasteiger partial charge in [-0.3, -0.25) is 0 Å². The molecule has 0 unspecified atom stereocenters. The van der Waals surface area contributed by atoms with Gasteiger partial charge in [-0.2, -0.15) is 0 Å². The molecule has 0 N–H and O–H groups in total. The van der Waals surface area contributed by atoms with E-state index in [1.165, 1.54) is 0 Å². The lowest BCUT2D eigenvalue weighted by Gasteiger charge is -2.10. The highest BCUT2D eigenvalue weighted by Gasteiger charge is 2.14. The molecule has 0 amide bonds. The number of hydrogen-bond acceptors (Lipinski definition) is 4. The number of imidazole rings is 1. The van der Waals surface area contributed by atoms with Gasteiger partial charge < -0.3 is 9.40 Å². The van der Waals surface area contributed by atoms with Crippen LogP contribution in [-0.4, -0.2) is 21.2 Å². The van der Waals surface area contributed by atoms with E-state index in [1.807, 2.05) is 30.3 Å². The molecule has 0 saturated carbocycles. The third kappa shape index (κ3) is 4.47. The lowest BCUT2D eigenvalue weighted by atomic mass is 10.1. The minimum Gasteiger partial charge on any atom is -0.331 e. The average molecular weight is 424 g/mol. The Hall–Kier alpha value is -3.15. The van der Waals surface area contributed by atoms with E-state index in [2.05, 4.69) is 10.1 Å². The smallest absolute Gasteiger partial charge is 0.331 e. The van der Waals surface area contributed by atoms with Crippen molar-refractivity contribution >= 4 is 45.7 Å². The molecule has 1 heterocycles. The second-order valence-corrected chi connectivity index (χ2v) is 7.18. The topological polar surface area (TPSA) is 56.5 Å². The van der Waals surface area contributed by atoms with E-state index in [0.29, 0.717) is 33.4 Å². The molecule has 144 valence electrons. The Bertz CT molecular complexity index is 1200. The summed E-state index contributed by atoms with van der Waals surface area (Å²) in [6.45, 7) is 0.326. The summed E-state index contributed by atoms with van der Waals surface area (Å²) in [6, 6.07) is 18.2. The molecule has 0 aliphatic rings. The van der Waals surface area contributed by atoms with Crippen LogP contribution in [0.4, 0.5) is 0 Å². The van der Waals surface area contributed by atoms with Gasteiger partial charge in [-0.1, -0.05) is 58.7 Å². The molecule has 0 bridgehead atoms. The summed E-state index contributed by atoms with van der Waals surface area (Å²) in [7, 11) is 0. The predicted octanol–water partition coefficient (Wildman–Crippen LogP) is 5.60. The maximum atomic E-state index is 12.6. The van der Waals surface area contributed by atoms with Crippen LogP contribution in [0, 0.1) is 0 Å². The van der Waals surface area contributed by atoms with Crippen molar-refractivity contribution in [3.63, 3.8) is 0 Å². The van der Waals surface area contributed by atoms with Crippen LogP contribution in [0.5, 0.6) is 0 Å². The first-order chi connectivity index (χ1) is 14.1. The normalized spacial score (nSPS) is 11.6. The Morgan fingerprint density at radius 3 is 2.62 bits per heavy atom. The first kappa shape index (κ1) is 19.2. The summed E-state index contributed by atoms with van der Waals surface area (Å²) in [6.07, 6.45) is 5.08. The van der Waals surface area contributed by atoms with Crippen LogP contribution in [0.2, 0.25) is 10.0 Å². The molecule has 0 fully saturated rings. The molecule has 0 radical (unpaired) electrons. The summed E-state index contributed by atoms with van der Waals surface area (Å²) in [4.78, 5) is 21.8. The van der Waals surface area contributed by atoms with Crippen molar-refractivity contribution in [3.05, 3.63) is 101 Å². The monoisotopic (exact) mass is 423 g/mol. The number of hydrogen-bond donors (Lipinski definition) is 0. The fourth-order valence-electron chi connectivity index (χ4n) is 2.91. The van der Waals surface area contributed by atoms with Crippen molar-refractivity contribution in [3.8, 4) is 0 Å². The fraction of sp³-hybridized carbons (Fsp3) is 0.0455. The predicted molar refractivity (Wildman–Crippen MR) is 115 cm³/mol.